The van der Waals surface area contributed by atoms with E-state index in [1.807, 2.05) is 12.3 Å². The summed E-state index contributed by atoms with van der Waals surface area (Å²) in [5.74, 6) is 0. The summed E-state index contributed by atoms with van der Waals surface area (Å²) in [5, 5.41) is 0. The molecule has 1 aromatic carbocycles. The minimum atomic E-state index is 0. The molecular formula is C15H17ClN2O. The van der Waals surface area contributed by atoms with Crippen LogP contribution in [0.1, 0.15) is 17.2 Å². The largest absolute Gasteiger partial charge is 0.372 e. The Morgan fingerprint density at radius 1 is 1.26 bits per heavy atom. The summed E-state index contributed by atoms with van der Waals surface area (Å²) in [6, 6.07) is 10.5. The van der Waals surface area contributed by atoms with Gasteiger partial charge in [0, 0.05) is 18.9 Å². The van der Waals surface area contributed by atoms with Crippen molar-refractivity contribution in [3.05, 3.63) is 53.9 Å². The van der Waals surface area contributed by atoms with Gasteiger partial charge in [0.15, 0.2) is 0 Å². The molecule has 1 aromatic heterocycles. The van der Waals surface area contributed by atoms with Crippen LogP contribution in [-0.2, 0) is 11.2 Å². The molecule has 1 atom stereocenters. The third-order valence-electron chi connectivity index (χ3n) is 3.39. The predicted molar refractivity (Wildman–Crippen MR) is 78.4 cm³/mol. The minimum Gasteiger partial charge on any atom is -0.372 e. The van der Waals surface area contributed by atoms with Crippen molar-refractivity contribution in [2.24, 2.45) is 5.73 Å². The average Bonchev–Trinajstić information content (AvgIpc) is 2.47. The van der Waals surface area contributed by atoms with Gasteiger partial charge in [0.1, 0.15) is 0 Å². The van der Waals surface area contributed by atoms with E-state index in [9.17, 15) is 0 Å². The number of fused-ring (bicyclic) bond motifs is 1. The molecule has 0 amide bonds. The number of benzene rings is 1. The number of halogens is 1. The third-order valence-corrected chi connectivity index (χ3v) is 3.39. The van der Waals surface area contributed by atoms with Crippen molar-refractivity contribution >= 4 is 12.4 Å². The SMILES string of the molecule is Cl.NC[C@@H]1OCCc2ccc(-c3cccnc3)cc21. The smallest absolute Gasteiger partial charge is 0.0950 e. The maximum Gasteiger partial charge on any atom is 0.0950 e. The van der Waals surface area contributed by atoms with Gasteiger partial charge < -0.3 is 10.5 Å². The molecule has 100 valence electrons. The summed E-state index contributed by atoms with van der Waals surface area (Å²) in [7, 11) is 0. The Morgan fingerprint density at radius 2 is 2.16 bits per heavy atom. The zero-order chi connectivity index (χ0) is 12.4. The van der Waals surface area contributed by atoms with Crippen LogP contribution in [0.2, 0.25) is 0 Å². The van der Waals surface area contributed by atoms with Gasteiger partial charge in [-0.3, -0.25) is 4.98 Å². The molecule has 1 aliphatic rings. The van der Waals surface area contributed by atoms with Crippen molar-refractivity contribution in [2.75, 3.05) is 13.2 Å². The van der Waals surface area contributed by atoms with E-state index in [-0.39, 0.29) is 18.5 Å². The van der Waals surface area contributed by atoms with E-state index >= 15 is 0 Å². The number of rotatable bonds is 2. The Labute approximate surface area is 119 Å². The number of pyridine rings is 1. The summed E-state index contributed by atoms with van der Waals surface area (Å²) < 4.78 is 5.70. The predicted octanol–water partition coefficient (Wildman–Crippen LogP) is 2.74. The molecule has 4 heteroatoms. The second-order valence-electron chi connectivity index (χ2n) is 4.50. The van der Waals surface area contributed by atoms with Crippen molar-refractivity contribution in [1.82, 2.24) is 4.98 Å². The molecule has 0 saturated heterocycles. The van der Waals surface area contributed by atoms with Gasteiger partial charge in [-0.05, 0) is 40.8 Å². The van der Waals surface area contributed by atoms with Crippen LogP contribution in [0, 0.1) is 0 Å². The van der Waals surface area contributed by atoms with Gasteiger partial charge in [-0.2, -0.15) is 0 Å². The van der Waals surface area contributed by atoms with Crippen molar-refractivity contribution < 1.29 is 4.74 Å². The van der Waals surface area contributed by atoms with Crippen molar-refractivity contribution in [2.45, 2.75) is 12.5 Å². The first-order chi connectivity index (χ1) is 8.88. The standard InChI is InChI=1S/C15H16N2O.ClH/c16-9-15-14-8-12(13-2-1-6-17-10-13)4-3-11(14)5-7-18-15;/h1-4,6,8,10,15H,5,7,9,16H2;1H/t15-;/m0./s1. The fourth-order valence-corrected chi connectivity index (χ4v) is 2.43. The van der Waals surface area contributed by atoms with E-state index in [0.29, 0.717) is 6.54 Å². The van der Waals surface area contributed by atoms with Crippen molar-refractivity contribution in [3.8, 4) is 11.1 Å². The van der Waals surface area contributed by atoms with Crippen LogP contribution in [0.25, 0.3) is 11.1 Å². The number of nitrogens with zero attached hydrogens (tertiary/aromatic N) is 1. The summed E-state index contributed by atoms with van der Waals surface area (Å²) in [6.07, 6.45) is 4.67. The number of hydrogen-bond acceptors (Lipinski definition) is 3. The van der Waals surface area contributed by atoms with Gasteiger partial charge in [0.25, 0.3) is 0 Å². The molecule has 0 radical (unpaired) electrons. The molecule has 2 aromatic rings. The zero-order valence-electron chi connectivity index (χ0n) is 10.6. The molecular weight excluding hydrogens is 260 g/mol. The lowest BCUT2D eigenvalue weighted by molar-refractivity contribution is 0.0485. The topological polar surface area (TPSA) is 48.1 Å². The van der Waals surface area contributed by atoms with Crippen LogP contribution >= 0.6 is 12.4 Å². The van der Waals surface area contributed by atoms with Gasteiger partial charge in [-0.25, -0.2) is 0 Å². The van der Waals surface area contributed by atoms with Crippen molar-refractivity contribution in [3.63, 3.8) is 0 Å². The first kappa shape index (κ1) is 14.0. The maximum atomic E-state index is 5.77. The Balaban J connectivity index is 0.00000133. The van der Waals surface area contributed by atoms with Crippen LogP contribution in [0.5, 0.6) is 0 Å². The first-order valence-corrected chi connectivity index (χ1v) is 6.23. The lowest BCUT2D eigenvalue weighted by atomic mass is 9.93. The highest BCUT2D eigenvalue weighted by Gasteiger charge is 2.19. The van der Waals surface area contributed by atoms with Gasteiger partial charge in [-0.15, -0.1) is 12.4 Å². The summed E-state index contributed by atoms with van der Waals surface area (Å²) in [4.78, 5) is 4.16. The molecule has 0 spiro atoms. The Kier molecular flexibility index (Phi) is 4.53. The molecule has 2 N–H and O–H groups in total. The summed E-state index contributed by atoms with van der Waals surface area (Å²) in [6.45, 7) is 1.30. The fourth-order valence-electron chi connectivity index (χ4n) is 2.43. The second kappa shape index (κ2) is 6.15. The van der Waals surface area contributed by atoms with Crippen LogP contribution in [0.4, 0.5) is 0 Å². The van der Waals surface area contributed by atoms with E-state index in [0.717, 1.165) is 18.6 Å². The average molecular weight is 277 g/mol. The normalized spacial score (nSPS) is 17.4. The van der Waals surface area contributed by atoms with Gasteiger partial charge in [0.2, 0.25) is 0 Å². The molecule has 19 heavy (non-hydrogen) atoms. The summed E-state index contributed by atoms with van der Waals surface area (Å²) >= 11 is 0. The van der Waals surface area contributed by atoms with E-state index < -0.39 is 0 Å². The molecule has 0 aliphatic carbocycles. The Bertz CT molecular complexity index is 545. The van der Waals surface area contributed by atoms with Crippen molar-refractivity contribution in [1.29, 1.82) is 0 Å². The third kappa shape index (κ3) is 2.78. The number of nitrogens with two attached hydrogens (primary N) is 1. The quantitative estimate of drug-likeness (QED) is 0.917. The molecule has 0 bridgehead atoms. The van der Waals surface area contributed by atoms with Crippen LogP contribution in [0.15, 0.2) is 42.7 Å². The number of aromatic nitrogens is 1. The highest BCUT2D eigenvalue weighted by atomic mass is 35.5. The van der Waals surface area contributed by atoms with E-state index in [2.05, 4.69) is 29.2 Å². The highest BCUT2D eigenvalue weighted by molar-refractivity contribution is 5.85. The monoisotopic (exact) mass is 276 g/mol. The maximum absolute atomic E-state index is 5.77. The molecule has 2 heterocycles. The number of hydrogen-bond donors (Lipinski definition) is 1. The van der Waals surface area contributed by atoms with Gasteiger partial charge in [-0.1, -0.05) is 18.2 Å². The lowest BCUT2D eigenvalue weighted by Gasteiger charge is -2.25. The second-order valence-corrected chi connectivity index (χ2v) is 4.50. The van der Waals surface area contributed by atoms with E-state index in [4.69, 9.17) is 10.5 Å². The van der Waals surface area contributed by atoms with Crippen LogP contribution < -0.4 is 5.73 Å². The highest BCUT2D eigenvalue weighted by Crippen LogP contribution is 2.30. The summed E-state index contributed by atoms with van der Waals surface area (Å²) in [5.41, 5.74) is 10.6. The number of ether oxygens (including phenoxy) is 1. The van der Waals surface area contributed by atoms with E-state index in [1.165, 1.54) is 16.7 Å². The molecule has 0 unspecified atom stereocenters. The Hall–Kier alpha value is -1.42. The molecule has 3 rings (SSSR count). The van der Waals surface area contributed by atoms with Gasteiger partial charge in [0.05, 0.1) is 12.7 Å². The Morgan fingerprint density at radius 3 is 2.89 bits per heavy atom. The van der Waals surface area contributed by atoms with E-state index in [1.54, 1.807) is 6.20 Å². The van der Waals surface area contributed by atoms with Gasteiger partial charge >= 0.3 is 0 Å². The molecule has 0 saturated carbocycles. The molecule has 3 nitrogen and oxygen atoms in total. The fraction of sp³-hybridized carbons (Fsp3) is 0.267. The lowest BCUT2D eigenvalue weighted by Crippen LogP contribution is -2.23. The zero-order valence-corrected chi connectivity index (χ0v) is 11.4. The van der Waals surface area contributed by atoms with Crippen LogP contribution in [-0.4, -0.2) is 18.1 Å². The molecule has 0 fully saturated rings. The minimum absolute atomic E-state index is 0. The first-order valence-electron chi connectivity index (χ1n) is 6.23. The molecule has 1 aliphatic heterocycles. The van der Waals surface area contributed by atoms with Crippen LogP contribution in [0.3, 0.4) is 0 Å².